The van der Waals surface area contributed by atoms with Gasteiger partial charge in [0.1, 0.15) is 0 Å². The number of anilines is 2. The van der Waals surface area contributed by atoms with Crippen LogP contribution in [0.1, 0.15) is 29.8 Å². The minimum atomic E-state index is -0.0885. The normalized spacial score (nSPS) is 22.9. The maximum Gasteiger partial charge on any atom is 0.186 e. The van der Waals surface area contributed by atoms with Gasteiger partial charge in [-0.3, -0.25) is 4.90 Å². The fourth-order valence-corrected chi connectivity index (χ4v) is 6.59. The van der Waals surface area contributed by atoms with E-state index < -0.39 is 0 Å². The number of thiazole rings is 2. The van der Waals surface area contributed by atoms with Crippen LogP contribution in [0.5, 0.6) is 0 Å². The average Bonchev–Trinajstić information content (AvgIpc) is 3.30. The molecule has 0 radical (unpaired) electrons. The van der Waals surface area contributed by atoms with Crippen LogP contribution in [0, 0.1) is 0 Å². The molecule has 4 N–H and O–H groups in total. The van der Waals surface area contributed by atoms with Gasteiger partial charge in [-0.2, -0.15) is 0 Å². The molecule has 154 valence electrons. The highest BCUT2D eigenvalue weighted by Gasteiger charge is 2.32. The Morgan fingerprint density at radius 3 is 2.72 bits per heavy atom. The first-order chi connectivity index (χ1) is 14.1. The number of fused-ring (bicyclic) bond motifs is 2. The summed E-state index contributed by atoms with van der Waals surface area (Å²) in [6, 6.07) is 8.40. The van der Waals surface area contributed by atoms with E-state index in [4.69, 9.17) is 16.5 Å². The van der Waals surface area contributed by atoms with Gasteiger partial charge < -0.3 is 16.4 Å². The monoisotopic (exact) mass is 428 g/mol. The Morgan fingerprint density at radius 2 is 1.90 bits per heavy atom. The Morgan fingerprint density at radius 1 is 1.07 bits per heavy atom. The van der Waals surface area contributed by atoms with Crippen LogP contribution in [0.2, 0.25) is 0 Å². The summed E-state index contributed by atoms with van der Waals surface area (Å²) < 4.78 is 1.27. The first-order valence-corrected chi connectivity index (χ1v) is 12.1. The van der Waals surface area contributed by atoms with Crippen LogP contribution in [-0.4, -0.2) is 53.1 Å². The molecule has 1 aliphatic heterocycles. The van der Waals surface area contributed by atoms with Gasteiger partial charge in [0.2, 0.25) is 0 Å². The van der Waals surface area contributed by atoms with E-state index in [9.17, 15) is 0 Å². The molecule has 3 heterocycles. The summed E-state index contributed by atoms with van der Waals surface area (Å²) in [5, 5.41) is 1.85. The van der Waals surface area contributed by atoms with Gasteiger partial charge in [0.15, 0.2) is 10.3 Å². The second-order valence-electron chi connectivity index (χ2n) is 8.36. The van der Waals surface area contributed by atoms with Gasteiger partial charge in [-0.25, -0.2) is 9.97 Å². The Hall–Kier alpha value is -1.74. The third kappa shape index (κ3) is 4.12. The SMILES string of the molecule is Nc1nc2c(s1)CC(N)(CCCN1CCN(c3nc4ccccc4s3)CC1)CC2. The Bertz CT molecular complexity index is 957. The molecule has 0 amide bonds. The molecule has 1 unspecified atom stereocenters. The quantitative estimate of drug-likeness (QED) is 0.650. The van der Waals surface area contributed by atoms with E-state index in [0.717, 1.165) is 75.5 Å². The third-order valence-corrected chi connectivity index (χ3v) is 8.27. The number of piperazine rings is 1. The number of para-hydroxylation sites is 1. The Balaban J connectivity index is 1.10. The largest absolute Gasteiger partial charge is 0.375 e. The van der Waals surface area contributed by atoms with E-state index in [2.05, 4.69) is 39.0 Å². The van der Waals surface area contributed by atoms with Crippen LogP contribution in [0.4, 0.5) is 10.3 Å². The topological polar surface area (TPSA) is 84.3 Å². The first kappa shape index (κ1) is 19.2. The maximum atomic E-state index is 6.74. The molecular formula is C21H28N6S2. The summed E-state index contributed by atoms with van der Waals surface area (Å²) in [4.78, 5) is 15.6. The number of aromatic nitrogens is 2. The molecule has 29 heavy (non-hydrogen) atoms. The lowest BCUT2D eigenvalue weighted by Crippen LogP contribution is -2.48. The Labute approximate surface area is 179 Å². The lowest BCUT2D eigenvalue weighted by molar-refractivity contribution is 0.236. The lowest BCUT2D eigenvalue weighted by atomic mass is 9.80. The standard InChI is InChI=1S/C21H28N6S2/c22-19-24-16-6-8-21(23,14-18(16)28-19)7-3-9-26-10-12-27(13-11-26)20-25-15-4-1-2-5-17(15)29-20/h1-2,4-5H,3,6-14,23H2,(H2,22,24). The minimum Gasteiger partial charge on any atom is -0.375 e. The van der Waals surface area contributed by atoms with Crippen LogP contribution in [-0.2, 0) is 12.8 Å². The van der Waals surface area contributed by atoms with Crippen molar-refractivity contribution in [3.8, 4) is 0 Å². The molecular weight excluding hydrogens is 400 g/mol. The predicted octanol–water partition coefficient (Wildman–Crippen LogP) is 3.12. The summed E-state index contributed by atoms with van der Waals surface area (Å²) in [6.07, 6.45) is 5.15. The van der Waals surface area contributed by atoms with Gasteiger partial charge >= 0.3 is 0 Å². The Kier molecular flexibility index (Phi) is 5.19. The molecule has 1 aliphatic carbocycles. The van der Waals surface area contributed by atoms with Crippen molar-refractivity contribution in [1.29, 1.82) is 0 Å². The highest BCUT2D eigenvalue weighted by molar-refractivity contribution is 7.22. The van der Waals surface area contributed by atoms with Crippen molar-refractivity contribution in [2.45, 2.75) is 37.6 Å². The molecule has 2 aliphatic rings. The lowest BCUT2D eigenvalue weighted by Gasteiger charge is -2.36. The van der Waals surface area contributed by atoms with Gasteiger partial charge in [-0.05, 0) is 44.4 Å². The molecule has 2 aromatic heterocycles. The number of nitrogens with two attached hydrogens (primary N) is 2. The molecule has 3 aromatic rings. The molecule has 0 spiro atoms. The maximum absolute atomic E-state index is 6.74. The van der Waals surface area contributed by atoms with Gasteiger partial charge in [0.05, 0.1) is 15.9 Å². The van der Waals surface area contributed by atoms with Gasteiger partial charge in [0, 0.05) is 43.0 Å². The van der Waals surface area contributed by atoms with Gasteiger partial charge in [-0.1, -0.05) is 23.5 Å². The summed E-state index contributed by atoms with van der Waals surface area (Å²) in [5.41, 5.74) is 14.8. The highest BCUT2D eigenvalue weighted by atomic mass is 32.1. The van der Waals surface area contributed by atoms with Crippen LogP contribution < -0.4 is 16.4 Å². The van der Waals surface area contributed by atoms with E-state index in [1.54, 1.807) is 22.7 Å². The fourth-order valence-electron chi connectivity index (χ4n) is 4.54. The molecule has 1 aromatic carbocycles. The van der Waals surface area contributed by atoms with E-state index in [-0.39, 0.29) is 5.54 Å². The van der Waals surface area contributed by atoms with Crippen LogP contribution in [0.25, 0.3) is 10.2 Å². The van der Waals surface area contributed by atoms with E-state index in [0.29, 0.717) is 5.13 Å². The van der Waals surface area contributed by atoms with Crippen molar-refractivity contribution < 1.29 is 0 Å². The number of hydrogen-bond donors (Lipinski definition) is 2. The number of benzene rings is 1. The zero-order valence-electron chi connectivity index (χ0n) is 16.6. The summed E-state index contributed by atoms with van der Waals surface area (Å²) in [7, 11) is 0. The van der Waals surface area contributed by atoms with Crippen LogP contribution >= 0.6 is 22.7 Å². The molecule has 0 saturated carbocycles. The number of rotatable bonds is 5. The third-order valence-electron chi connectivity index (χ3n) is 6.24. The summed E-state index contributed by atoms with van der Waals surface area (Å²) in [5.74, 6) is 0. The van der Waals surface area contributed by atoms with Crippen molar-refractivity contribution in [1.82, 2.24) is 14.9 Å². The number of nitrogens with zero attached hydrogens (tertiary/aromatic N) is 4. The van der Waals surface area contributed by atoms with E-state index >= 15 is 0 Å². The summed E-state index contributed by atoms with van der Waals surface area (Å²) >= 11 is 3.42. The van der Waals surface area contributed by atoms with Crippen molar-refractivity contribution in [2.75, 3.05) is 43.4 Å². The zero-order valence-corrected chi connectivity index (χ0v) is 18.3. The second-order valence-corrected chi connectivity index (χ2v) is 10.5. The van der Waals surface area contributed by atoms with Gasteiger partial charge in [0.25, 0.3) is 0 Å². The molecule has 8 heteroatoms. The molecule has 5 rings (SSSR count). The zero-order chi connectivity index (χ0) is 19.8. The van der Waals surface area contributed by atoms with Crippen molar-refractivity contribution in [3.05, 3.63) is 34.8 Å². The number of nitrogen functional groups attached to an aromatic ring is 1. The fraction of sp³-hybridized carbons (Fsp3) is 0.524. The van der Waals surface area contributed by atoms with Crippen LogP contribution in [0.3, 0.4) is 0 Å². The molecule has 1 fully saturated rings. The number of aryl methyl sites for hydroxylation is 1. The van der Waals surface area contributed by atoms with Gasteiger partial charge in [-0.15, -0.1) is 11.3 Å². The van der Waals surface area contributed by atoms with E-state index in [1.807, 2.05) is 0 Å². The summed E-state index contributed by atoms with van der Waals surface area (Å²) in [6.45, 7) is 5.44. The average molecular weight is 429 g/mol. The smallest absolute Gasteiger partial charge is 0.186 e. The van der Waals surface area contributed by atoms with Crippen molar-refractivity contribution >= 4 is 43.2 Å². The molecule has 0 bridgehead atoms. The van der Waals surface area contributed by atoms with Crippen molar-refractivity contribution in [2.24, 2.45) is 5.73 Å². The van der Waals surface area contributed by atoms with Crippen molar-refractivity contribution in [3.63, 3.8) is 0 Å². The van der Waals surface area contributed by atoms with Crippen LogP contribution in [0.15, 0.2) is 24.3 Å². The number of hydrogen-bond acceptors (Lipinski definition) is 8. The highest BCUT2D eigenvalue weighted by Crippen LogP contribution is 2.34. The van der Waals surface area contributed by atoms with E-state index in [1.165, 1.54) is 15.3 Å². The second kappa shape index (κ2) is 7.83. The molecule has 1 atom stereocenters. The molecule has 1 saturated heterocycles. The minimum absolute atomic E-state index is 0.0885. The molecule has 6 nitrogen and oxygen atoms in total. The predicted molar refractivity (Wildman–Crippen MR) is 123 cm³/mol. The first-order valence-electron chi connectivity index (χ1n) is 10.4.